The van der Waals surface area contributed by atoms with Crippen LogP contribution in [-0.4, -0.2) is 28.9 Å². The number of halogens is 2. The number of para-hydroxylation sites is 1. The Balaban J connectivity index is 1.79. The fraction of sp³-hybridized carbons (Fsp3) is 0.111. The molecule has 2 N–H and O–H groups in total. The van der Waals surface area contributed by atoms with Gasteiger partial charge in [-0.25, -0.2) is 0 Å². The van der Waals surface area contributed by atoms with Crippen molar-refractivity contribution in [2.75, 3.05) is 12.0 Å². The van der Waals surface area contributed by atoms with Crippen LogP contribution in [0.15, 0.2) is 72.4 Å². The van der Waals surface area contributed by atoms with Gasteiger partial charge in [0.2, 0.25) is 0 Å². The average Bonchev–Trinajstić information content (AvgIpc) is 3.37. The summed E-state index contributed by atoms with van der Waals surface area (Å²) in [4.78, 5) is 31.4. The number of hydrogen-bond acceptors (Lipinski definition) is 4. The highest BCUT2D eigenvalue weighted by Crippen LogP contribution is 2.45. The molecule has 0 spiro atoms. The van der Waals surface area contributed by atoms with Gasteiger partial charge in [-0.1, -0.05) is 53.5 Å². The smallest absolute Gasteiger partial charge is 0.300 e. The van der Waals surface area contributed by atoms with Crippen molar-refractivity contribution in [2.24, 2.45) is 0 Å². The zero-order chi connectivity index (χ0) is 24.9. The number of ether oxygens (including phenoxy) is 1. The minimum Gasteiger partial charge on any atom is -0.507 e. The topological polar surface area (TPSA) is 82.6 Å². The van der Waals surface area contributed by atoms with Gasteiger partial charge in [-0.2, -0.15) is 0 Å². The molecule has 0 aliphatic carbocycles. The van der Waals surface area contributed by atoms with E-state index >= 15 is 0 Å². The second-order valence-electron chi connectivity index (χ2n) is 8.27. The van der Waals surface area contributed by atoms with Crippen LogP contribution in [0.3, 0.4) is 0 Å². The summed E-state index contributed by atoms with van der Waals surface area (Å²) in [5.74, 6) is -1.67. The third kappa shape index (κ3) is 3.75. The number of carbonyl (C=O) groups excluding carboxylic acids is 2. The van der Waals surface area contributed by atoms with E-state index in [2.05, 4.69) is 4.98 Å². The number of anilines is 1. The summed E-state index contributed by atoms with van der Waals surface area (Å²) in [5.41, 5.74) is 3.14. The maximum Gasteiger partial charge on any atom is 0.300 e. The lowest BCUT2D eigenvalue weighted by Gasteiger charge is -2.25. The van der Waals surface area contributed by atoms with E-state index in [0.29, 0.717) is 11.3 Å². The molecule has 0 radical (unpaired) electrons. The number of aromatic amines is 1. The number of methoxy groups -OCH3 is 1. The standard InChI is InChI=1S/C27H20Cl2N2O4/c1-14-6-5-7-16(10-14)31-23(18-13-30-21-9-4-3-8-17(18)21)22(25(33)27(31)34)24(32)15-11-19(28)26(35-2)20(29)12-15/h3-13,23,30,32H,1-2H3/b24-22+. The highest BCUT2D eigenvalue weighted by molar-refractivity contribution is 6.52. The van der Waals surface area contributed by atoms with Crippen LogP contribution >= 0.6 is 23.2 Å². The molecule has 3 aromatic carbocycles. The Morgan fingerprint density at radius 2 is 1.74 bits per heavy atom. The molecule has 0 bridgehead atoms. The first-order valence-corrected chi connectivity index (χ1v) is 11.5. The molecule has 5 rings (SSSR count). The van der Waals surface area contributed by atoms with Gasteiger partial charge in [0.1, 0.15) is 5.76 Å². The molecule has 1 unspecified atom stereocenters. The lowest BCUT2D eigenvalue weighted by Crippen LogP contribution is -2.29. The predicted molar refractivity (Wildman–Crippen MR) is 137 cm³/mol. The van der Waals surface area contributed by atoms with Crippen LogP contribution in [0.5, 0.6) is 5.75 Å². The summed E-state index contributed by atoms with van der Waals surface area (Å²) in [7, 11) is 1.43. The van der Waals surface area contributed by atoms with Crippen molar-refractivity contribution in [2.45, 2.75) is 13.0 Å². The minimum absolute atomic E-state index is 0.0569. The molecule has 1 fully saturated rings. The van der Waals surface area contributed by atoms with Crippen molar-refractivity contribution in [3.05, 3.63) is 99.2 Å². The number of aryl methyl sites for hydroxylation is 1. The van der Waals surface area contributed by atoms with Crippen molar-refractivity contribution in [1.29, 1.82) is 0 Å². The molecular weight excluding hydrogens is 487 g/mol. The number of benzene rings is 3. The number of nitrogens with zero attached hydrogens (tertiary/aromatic N) is 1. The van der Waals surface area contributed by atoms with Gasteiger partial charge in [-0.3, -0.25) is 14.5 Å². The molecule has 35 heavy (non-hydrogen) atoms. The molecule has 8 heteroatoms. The Labute approximate surface area is 211 Å². The van der Waals surface area contributed by atoms with E-state index in [9.17, 15) is 14.7 Å². The minimum atomic E-state index is -0.882. The van der Waals surface area contributed by atoms with Crippen molar-refractivity contribution in [3.8, 4) is 5.75 Å². The Morgan fingerprint density at radius 1 is 1.03 bits per heavy atom. The Bertz CT molecular complexity index is 1520. The van der Waals surface area contributed by atoms with Gasteiger partial charge in [0.25, 0.3) is 11.7 Å². The number of nitrogens with one attached hydrogen (secondary N) is 1. The van der Waals surface area contributed by atoms with Gasteiger partial charge >= 0.3 is 0 Å². The number of fused-ring (bicyclic) bond motifs is 1. The quantitative estimate of drug-likeness (QED) is 0.190. The van der Waals surface area contributed by atoms with Crippen LogP contribution < -0.4 is 9.64 Å². The van der Waals surface area contributed by atoms with Gasteiger partial charge in [0.15, 0.2) is 5.75 Å². The molecule has 1 aliphatic rings. The second-order valence-corrected chi connectivity index (χ2v) is 9.09. The number of Topliss-reactive ketones (excluding diaryl/α,β-unsaturated/α-hetero) is 1. The number of H-pyrrole nitrogens is 1. The van der Waals surface area contributed by atoms with E-state index in [1.54, 1.807) is 12.3 Å². The molecule has 1 amide bonds. The van der Waals surface area contributed by atoms with Crippen molar-refractivity contribution in [1.82, 2.24) is 4.98 Å². The predicted octanol–water partition coefficient (Wildman–Crippen LogP) is 6.42. The first kappa shape index (κ1) is 23.0. The summed E-state index contributed by atoms with van der Waals surface area (Å²) >= 11 is 12.6. The Hall–Kier alpha value is -3.74. The van der Waals surface area contributed by atoms with Crippen molar-refractivity contribution >= 4 is 57.2 Å². The van der Waals surface area contributed by atoms with Crippen LogP contribution in [0.4, 0.5) is 5.69 Å². The fourth-order valence-corrected chi connectivity index (χ4v) is 5.18. The molecule has 1 atom stereocenters. The Kier molecular flexibility index (Phi) is 5.79. The van der Waals surface area contributed by atoms with Crippen molar-refractivity contribution < 1.29 is 19.4 Å². The number of carbonyl (C=O) groups is 2. The van der Waals surface area contributed by atoms with Gasteiger partial charge in [0, 0.05) is 33.9 Å². The van der Waals surface area contributed by atoms with E-state index in [0.717, 1.165) is 16.5 Å². The average molecular weight is 507 g/mol. The molecule has 0 saturated carbocycles. The molecule has 1 aromatic heterocycles. The van der Waals surface area contributed by atoms with E-state index < -0.39 is 17.7 Å². The monoisotopic (exact) mass is 506 g/mol. The largest absolute Gasteiger partial charge is 0.507 e. The zero-order valence-electron chi connectivity index (χ0n) is 18.8. The van der Waals surface area contributed by atoms with E-state index in [4.69, 9.17) is 27.9 Å². The van der Waals surface area contributed by atoms with Crippen LogP contribution in [0.2, 0.25) is 10.0 Å². The SMILES string of the molecule is COc1c(Cl)cc(/C(O)=C2\C(=O)C(=O)N(c3cccc(C)c3)C2c2c[nH]c3ccccc23)cc1Cl. The summed E-state index contributed by atoms with van der Waals surface area (Å²) in [6.07, 6.45) is 1.76. The lowest BCUT2D eigenvalue weighted by atomic mass is 9.94. The highest BCUT2D eigenvalue weighted by atomic mass is 35.5. The molecule has 1 aliphatic heterocycles. The van der Waals surface area contributed by atoms with Crippen LogP contribution in [0.1, 0.15) is 22.7 Å². The van der Waals surface area contributed by atoms with Gasteiger partial charge in [-0.15, -0.1) is 0 Å². The number of amides is 1. The highest BCUT2D eigenvalue weighted by Gasteiger charge is 2.47. The number of aliphatic hydroxyl groups is 1. The third-order valence-electron chi connectivity index (χ3n) is 6.12. The lowest BCUT2D eigenvalue weighted by molar-refractivity contribution is -0.132. The van der Waals surface area contributed by atoms with E-state index in [1.165, 1.54) is 24.1 Å². The van der Waals surface area contributed by atoms with E-state index in [-0.39, 0.29) is 32.7 Å². The normalized spacial score (nSPS) is 17.4. The number of rotatable bonds is 4. The van der Waals surface area contributed by atoms with E-state index in [1.807, 2.05) is 49.4 Å². The summed E-state index contributed by atoms with van der Waals surface area (Å²) < 4.78 is 5.19. The summed E-state index contributed by atoms with van der Waals surface area (Å²) in [6.45, 7) is 1.90. The fourth-order valence-electron chi connectivity index (χ4n) is 4.54. The summed E-state index contributed by atoms with van der Waals surface area (Å²) in [5, 5.41) is 12.6. The summed E-state index contributed by atoms with van der Waals surface area (Å²) in [6, 6.07) is 16.9. The first-order valence-electron chi connectivity index (χ1n) is 10.8. The molecule has 1 saturated heterocycles. The number of aliphatic hydroxyl groups excluding tert-OH is 1. The molecule has 176 valence electrons. The van der Waals surface area contributed by atoms with Gasteiger partial charge in [-0.05, 0) is 42.8 Å². The molecule has 4 aromatic rings. The third-order valence-corrected chi connectivity index (χ3v) is 6.68. The van der Waals surface area contributed by atoms with Gasteiger partial charge < -0.3 is 14.8 Å². The van der Waals surface area contributed by atoms with Gasteiger partial charge in [0.05, 0.1) is 28.8 Å². The zero-order valence-corrected chi connectivity index (χ0v) is 20.3. The molecular formula is C27H20Cl2N2O4. The number of hydrogen-bond donors (Lipinski definition) is 2. The van der Waals surface area contributed by atoms with Crippen molar-refractivity contribution in [3.63, 3.8) is 0 Å². The first-order chi connectivity index (χ1) is 16.8. The van der Waals surface area contributed by atoms with Crippen LogP contribution in [0.25, 0.3) is 16.7 Å². The molecule has 6 nitrogen and oxygen atoms in total. The number of aromatic nitrogens is 1. The maximum atomic E-state index is 13.4. The second kappa shape index (κ2) is 8.80. The Morgan fingerprint density at radius 3 is 2.43 bits per heavy atom. The number of ketones is 1. The van der Waals surface area contributed by atoms with Crippen LogP contribution in [-0.2, 0) is 9.59 Å². The maximum absolute atomic E-state index is 13.4. The van der Waals surface area contributed by atoms with Crippen LogP contribution in [0, 0.1) is 6.92 Å². The molecule has 2 heterocycles.